The summed E-state index contributed by atoms with van der Waals surface area (Å²) in [6.07, 6.45) is 0. The Kier molecular flexibility index (Phi) is 3.93. The molecule has 0 aliphatic heterocycles. The second kappa shape index (κ2) is 5.29. The lowest BCUT2D eigenvalue weighted by molar-refractivity contribution is 1.26. The van der Waals surface area contributed by atoms with Crippen LogP contribution in [-0.2, 0) is 5.88 Å². The molecule has 91 valence electrons. The van der Waals surface area contributed by atoms with Gasteiger partial charge in [-0.25, -0.2) is 0 Å². The van der Waals surface area contributed by atoms with Crippen molar-refractivity contribution in [3.63, 3.8) is 0 Å². The van der Waals surface area contributed by atoms with E-state index in [1.54, 1.807) is 0 Å². The molecule has 2 aromatic rings. The van der Waals surface area contributed by atoms with Crippen molar-refractivity contribution in [1.29, 1.82) is 0 Å². The van der Waals surface area contributed by atoms with Gasteiger partial charge >= 0.3 is 0 Å². The van der Waals surface area contributed by atoms with Crippen LogP contribution in [0.1, 0.15) is 22.3 Å². The van der Waals surface area contributed by atoms with E-state index in [1.807, 2.05) is 6.07 Å². The summed E-state index contributed by atoms with van der Waals surface area (Å²) in [5, 5.41) is 1.10. The molecule has 0 bridgehead atoms. The van der Waals surface area contributed by atoms with Gasteiger partial charge < -0.3 is 0 Å². The molecule has 0 saturated heterocycles. The first-order valence-electron chi connectivity index (χ1n) is 6.03. The Bertz CT molecular complexity index is 588. The van der Waals surface area contributed by atoms with Gasteiger partial charge in [0.25, 0.3) is 0 Å². The Hall–Kier alpha value is -1.05. The number of alkyl halides is 1. The van der Waals surface area contributed by atoms with Crippen molar-refractivity contribution in [2.24, 2.45) is 0 Å². The molecule has 0 atom stereocenters. The smallest absolute Gasteiger partial charge is 0.0720 e. The molecule has 0 fully saturated rings. The fourth-order valence-corrected chi connectivity index (χ4v) is 2.87. The van der Waals surface area contributed by atoms with Gasteiger partial charge in [0.1, 0.15) is 0 Å². The molecule has 0 saturated carbocycles. The summed E-state index contributed by atoms with van der Waals surface area (Å²) in [4.78, 5) is 0. The van der Waals surface area contributed by atoms with Crippen molar-refractivity contribution >= 4 is 27.0 Å². The van der Waals surface area contributed by atoms with Gasteiger partial charge in [0.05, 0.1) is 10.2 Å². The van der Waals surface area contributed by atoms with E-state index in [0.29, 0.717) is 5.88 Å². The SMILES string of the molecule is Cc1ccc(-c2c([Si])cccc2CCl)c(C)c1C. The van der Waals surface area contributed by atoms with Gasteiger partial charge in [0, 0.05) is 5.88 Å². The zero-order chi connectivity index (χ0) is 13.3. The average Bonchev–Trinajstić information content (AvgIpc) is 2.37. The van der Waals surface area contributed by atoms with Crippen LogP contribution in [0, 0.1) is 20.8 Å². The van der Waals surface area contributed by atoms with Crippen molar-refractivity contribution in [1.82, 2.24) is 0 Å². The molecular weight excluding hydrogens is 256 g/mol. The van der Waals surface area contributed by atoms with Crippen LogP contribution in [-0.4, -0.2) is 10.2 Å². The number of halogens is 1. The number of hydrogen-bond acceptors (Lipinski definition) is 0. The van der Waals surface area contributed by atoms with Crippen LogP contribution in [0.25, 0.3) is 11.1 Å². The highest BCUT2D eigenvalue weighted by Crippen LogP contribution is 2.29. The third-order valence-electron chi connectivity index (χ3n) is 3.62. The Labute approximate surface area is 117 Å². The molecule has 2 aromatic carbocycles. The highest BCUT2D eigenvalue weighted by atomic mass is 35.5. The van der Waals surface area contributed by atoms with Crippen LogP contribution in [0.4, 0.5) is 0 Å². The second-order valence-electron chi connectivity index (χ2n) is 4.65. The summed E-state index contributed by atoms with van der Waals surface area (Å²) >= 11 is 6.06. The summed E-state index contributed by atoms with van der Waals surface area (Å²) < 4.78 is 0. The lowest BCUT2D eigenvalue weighted by atomic mass is 9.92. The molecule has 0 N–H and O–H groups in total. The van der Waals surface area contributed by atoms with Gasteiger partial charge in [0.2, 0.25) is 0 Å². The Morgan fingerprint density at radius 3 is 2.39 bits per heavy atom. The fraction of sp³-hybridized carbons (Fsp3) is 0.250. The highest BCUT2D eigenvalue weighted by molar-refractivity contribution is 6.36. The molecule has 2 heteroatoms. The van der Waals surface area contributed by atoms with Crippen LogP contribution in [0.2, 0.25) is 0 Å². The molecule has 0 aliphatic carbocycles. The maximum atomic E-state index is 6.06. The predicted octanol–water partition coefficient (Wildman–Crippen LogP) is 3.81. The average molecular weight is 272 g/mol. The van der Waals surface area contributed by atoms with Crippen LogP contribution < -0.4 is 5.19 Å². The maximum absolute atomic E-state index is 6.06. The van der Waals surface area contributed by atoms with E-state index in [2.05, 4.69) is 55.3 Å². The molecule has 0 heterocycles. The zero-order valence-electron chi connectivity index (χ0n) is 11.0. The van der Waals surface area contributed by atoms with E-state index in [0.717, 1.165) is 10.8 Å². The summed E-state index contributed by atoms with van der Waals surface area (Å²) in [7, 11) is 3.70. The molecule has 0 spiro atoms. The third kappa shape index (κ3) is 2.25. The third-order valence-corrected chi connectivity index (χ3v) is 4.33. The minimum absolute atomic E-state index is 0.528. The van der Waals surface area contributed by atoms with Crippen LogP contribution in [0.15, 0.2) is 30.3 Å². The van der Waals surface area contributed by atoms with Crippen molar-refractivity contribution in [3.05, 3.63) is 52.6 Å². The number of aryl methyl sites for hydroxylation is 1. The van der Waals surface area contributed by atoms with E-state index in [9.17, 15) is 0 Å². The van der Waals surface area contributed by atoms with Gasteiger partial charge in [-0.2, -0.15) is 0 Å². The van der Waals surface area contributed by atoms with Gasteiger partial charge in [-0.15, -0.1) is 11.6 Å². The molecule has 0 amide bonds. The van der Waals surface area contributed by atoms with Gasteiger partial charge in [-0.05, 0) is 54.2 Å². The Morgan fingerprint density at radius 1 is 1.00 bits per heavy atom. The number of benzene rings is 2. The lowest BCUT2D eigenvalue weighted by Crippen LogP contribution is -2.10. The first-order valence-corrected chi connectivity index (χ1v) is 7.06. The fourth-order valence-electron chi connectivity index (χ4n) is 2.26. The molecule has 18 heavy (non-hydrogen) atoms. The van der Waals surface area contributed by atoms with Crippen molar-refractivity contribution < 1.29 is 0 Å². The summed E-state index contributed by atoms with van der Waals surface area (Å²) in [6, 6.07) is 10.5. The van der Waals surface area contributed by atoms with Crippen LogP contribution in [0.5, 0.6) is 0 Å². The minimum atomic E-state index is 0.528. The van der Waals surface area contributed by atoms with E-state index >= 15 is 0 Å². The highest BCUT2D eigenvalue weighted by Gasteiger charge is 2.11. The Balaban J connectivity index is 2.73. The van der Waals surface area contributed by atoms with Crippen molar-refractivity contribution in [2.75, 3.05) is 0 Å². The van der Waals surface area contributed by atoms with Gasteiger partial charge in [-0.1, -0.05) is 35.5 Å². The van der Waals surface area contributed by atoms with E-state index in [1.165, 1.54) is 27.8 Å². The minimum Gasteiger partial charge on any atom is -0.122 e. The molecule has 0 aliphatic rings. The topological polar surface area (TPSA) is 0 Å². The monoisotopic (exact) mass is 271 g/mol. The second-order valence-corrected chi connectivity index (χ2v) is 5.46. The zero-order valence-corrected chi connectivity index (χ0v) is 12.7. The first kappa shape index (κ1) is 13.4. The molecule has 3 radical (unpaired) electrons. The molecule has 0 aromatic heterocycles. The maximum Gasteiger partial charge on any atom is 0.0720 e. The Morgan fingerprint density at radius 2 is 1.72 bits per heavy atom. The van der Waals surface area contributed by atoms with Crippen molar-refractivity contribution in [3.8, 4) is 11.1 Å². The molecule has 2 rings (SSSR count). The quantitative estimate of drug-likeness (QED) is 0.576. The van der Waals surface area contributed by atoms with Crippen LogP contribution >= 0.6 is 11.6 Å². The predicted molar refractivity (Wildman–Crippen MR) is 81.0 cm³/mol. The summed E-state index contributed by atoms with van der Waals surface area (Å²) in [5.41, 5.74) is 7.64. The number of hydrogen-bond donors (Lipinski definition) is 0. The van der Waals surface area contributed by atoms with Gasteiger partial charge in [0.15, 0.2) is 0 Å². The largest absolute Gasteiger partial charge is 0.122 e. The molecular formula is C16H16ClSi. The van der Waals surface area contributed by atoms with Gasteiger partial charge in [-0.3, -0.25) is 0 Å². The van der Waals surface area contributed by atoms with Crippen LogP contribution in [0.3, 0.4) is 0 Å². The van der Waals surface area contributed by atoms with E-state index in [4.69, 9.17) is 11.6 Å². The summed E-state index contributed by atoms with van der Waals surface area (Å²) in [5.74, 6) is 0.528. The summed E-state index contributed by atoms with van der Waals surface area (Å²) in [6.45, 7) is 6.49. The standard InChI is InChI=1S/C16H16ClSi/c1-10-7-8-14(12(3)11(10)2)16-13(9-17)5-4-6-15(16)18/h4-8H,9H2,1-3H3. The van der Waals surface area contributed by atoms with E-state index in [-0.39, 0.29) is 0 Å². The number of rotatable bonds is 2. The lowest BCUT2D eigenvalue weighted by Gasteiger charge is -2.16. The first-order chi connectivity index (χ1) is 8.56. The molecule has 0 nitrogen and oxygen atoms in total. The normalized spacial score (nSPS) is 10.7. The molecule has 0 unspecified atom stereocenters. The van der Waals surface area contributed by atoms with Crippen molar-refractivity contribution in [2.45, 2.75) is 26.7 Å². The van der Waals surface area contributed by atoms with E-state index < -0.39 is 0 Å².